The summed E-state index contributed by atoms with van der Waals surface area (Å²) >= 11 is 0. The van der Waals surface area contributed by atoms with Gasteiger partial charge in [-0.25, -0.2) is 9.59 Å². The summed E-state index contributed by atoms with van der Waals surface area (Å²) in [5, 5.41) is 13.8. The first-order valence-corrected chi connectivity index (χ1v) is 12.2. The second-order valence-corrected chi connectivity index (χ2v) is 9.70. The van der Waals surface area contributed by atoms with Crippen LogP contribution in [0.3, 0.4) is 0 Å². The molecule has 0 radical (unpaired) electrons. The number of H-pyrrole nitrogens is 1. The second-order valence-electron chi connectivity index (χ2n) is 9.70. The van der Waals surface area contributed by atoms with Gasteiger partial charge in [-0.2, -0.15) is 0 Å². The van der Waals surface area contributed by atoms with Crippen molar-refractivity contribution in [1.29, 1.82) is 0 Å². The lowest BCUT2D eigenvalue weighted by Crippen LogP contribution is -2.45. The molecule has 1 heterocycles. The number of nitrogens with one attached hydrogen (secondary N) is 2. The van der Waals surface area contributed by atoms with E-state index in [1.54, 1.807) is 20.8 Å². The molecule has 0 bridgehead atoms. The Morgan fingerprint density at radius 3 is 2.34 bits per heavy atom. The molecular formula is C25H33N5O11. The first-order valence-electron chi connectivity index (χ1n) is 12.2. The number of rotatable bonds is 12. The molecular weight excluding hydrogens is 546 g/mol. The molecule has 1 aromatic carbocycles. The molecule has 0 atom stereocenters. The maximum Gasteiger partial charge on any atom is 0.407 e. The lowest BCUT2D eigenvalue weighted by atomic mass is 10.1. The van der Waals surface area contributed by atoms with E-state index in [0.717, 1.165) is 15.5 Å². The molecule has 41 heavy (non-hydrogen) atoms. The van der Waals surface area contributed by atoms with E-state index in [4.69, 9.17) is 18.9 Å². The molecule has 224 valence electrons. The number of carbonyl (C=O) groups excluding carboxylic acids is 3. The summed E-state index contributed by atoms with van der Waals surface area (Å²) in [5.74, 6) is -1.06. The molecule has 0 aliphatic heterocycles. The fourth-order valence-electron chi connectivity index (χ4n) is 3.49. The Hall–Kier alpha value is -4.89. The van der Waals surface area contributed by atoms with Gasteiger partial charge < -0.3 is 29.2 Å². The SMILES string of the molecule is COc1cc(COC(=O)NCCN(CC(=O)OC(C)(C)C)C(=O)Cn2cc(C)c(=O)[nH]c2=O)c([N+](=O)[O-])cc1OC. The molecule has 16 heteroatoms. The molecule has 16 nitrogen and oxygen atoms in total. The Morgan fingerprint density at radius 1 is 1.12 bits per heavy atom. The van der Waals surface area contributed by atoms with Gasteiger partial charge >= 0.3 is 17.8 Å². The van der Waals surface area contributed by atoms with Crippen molar-refractivity contribution in [2.24, 2.45) is 0 Å². The van der Waals surface area contributed by atoms with Crippen molar-refractivity contribution in [2.75, 3.05) is 33.9 Å². The highest BCUT2D eigenvalue weighted by Gasteiger charge is 2.24. The van der Waals surface area contributed by atoms with Gasteiger partial charge in [0, 0.05) is 24.8 Å². The summed E-state index contributed by atoms with van der Waals surface area (Å²) in [6, 6.07) is 2.46. The summed E-state index contributed by atoms with van der Waals surface area (Å²) < 4.78 is 21.6. The quantitative estimate of drug-likeness (QED) is 0.205. The minimum Gasteiger partial charge on any atom is -0.493 e. The first-order chi connectivity index (χ1) is 19.1. The molecule has 0 saturated carbocycles. The van der Waals surface area contributed by atoms with Crippen LogP contribution >= 0.6 is 0 Å². The number of aryl methyl sites for hydroxylation is 1. The number of aromatic nitrogens is 2. The molecule has 0 unspecified atom stereocenters. The molecule has 2 rings (SSSR count). The number of nitro groups is 1. The Labute approximate surface area is 234 Å². The van der Waals surface area contributed by atoms with E-state index in [1.165, 1.54) is 33.4 Å². The van der Waals surface area contributed by atoms with Crippen LogP contribution in [0.1, 0.15) is 31.9 Å². The van der Waals surface area contributed by atoms with Crippen LogP contribution in [0.4, 0.5) is 10.5 Å². The number of ether oxygens (including phenoxy) is 4. The van der Waals surface area contributed by atoms with Crippen molar-refractivity contribution in [3.8, 4) is 11.5 Å². The number of esters is 1. The van der Waals surface area contributed by atoms with Crippen LogP contribution in [0.2, 0.25) is 0 Å². The average Bonchev–Trinajstić information content (AvgIpc) is 2.88. The van der Waals surface area contributed by atoms with Gasteiger partial charge in [0.1, 0.15) is 25.3 Å². The predicted molar refractivity (Wildman–Crippen MR) is 143 cm³/mol. The van der Waals surface area contributed by atoms with Crippen LogP contribution in [0.15, 0.2) is 27.9 Å². The normalized spacial score (nSPS) is 10.9. The van der Waals surface area contributed by atoms with Crippen LogP contribution in [-0.2, 0) is 32.2 Å². The zero-order valence-corrected chi connectivity index (χ0v) is 23.6. The van der Waals surface area contributed by atoms with E-state index in [9.17, 15) is 34.1 Å². The zero-order chi connectivity index (χ0) is 30.9. The van der Waals surface area contributed by atoms with Crippen molar-refractivity contribution in [1.82, 2.24) is 19.8 Å². The van der Waals surface area contributed by atoms with E-state index < -0.39 is 59.4 Å². The fourth-order valence-corrected chi connectivity index (χ4v) is 3.49. The summed E-state index contributed by atoms with van der Waals surface area (Å²) in [5.41, 5.74) is -2.32. The monoisotopic (exact) mass is 579 g/mol. The van der Waals surface area contributed by atoms with Gasteiger partial charge in [-0.3, -0.25) is 34.0 Å². The van der Waals surface area contributed by atoms with Gasteiger partial charge in [-0.05, 0) is 33.8 Å². The average molecular weight is 580 g/mol. The number of nitrogens with zero attached hydrogens (tertiary/aromatic N) is 3. The van der Waals surface area contributed by atoms with Gasteiger partial charge in [-0.15, -0.1) is 0 Å². The highest BCUT2D eigenvalue weighted by atomic mass is 16.6. The number of amides is 2. The van der Waals surface area contributed by atoms with Crippen LogP contribution in [0.25, 0.3) is 0 Å². The zero-order valence-electron chi connectivity index (χ0n) is 23.6. The minimum absolute atomic E-state index is 0.0474. The molecule has 0 aliphatic rings. The molecule has 2 N–H and O–H groups in total. The number of hydrogen-bond donors (Lipinski definition) is 2. The third-order valence-electron chi connectivity index (χ3n) is 5.38. The first kappa shape index (κ1) is 32.3. The summed E-state index contributed by atoms with van der Waals surface area (Å²) in [7, 11) is 2.67. The minimum atomic E-state index is -0.953. The van der Waals surface area contributed by atoms with E-state index >= 15 is 0 Å². The summed E-state index contributed by atoms with van der Waals surface area (Å²) in [6.07, 6.45) is 0.263. The van der Waals surface area contributed by atoms with Crippen molar-refractivity contribution in [3.05, 3.63) is 60.4 Å². The highest BCUT2D eigenvalue weighted by Crippen LogP contribution is 2.34. The Morgan fingerprint density at radius 2 is 1.76 bits per heavy atom. The third-order valence-corrected chi connectivity index (χ3v) is 5.38. The van der Waals surface area contributed by atoms with Crippen molar-refractivity contribution in [3.63, 3.8) is 0 Å². The lowest BCUT2D eigenvalue weighted by molar-refractivity contribution is -0.385. The van der Waals surface area contributed by atoms with E-state index in [1.807, 2.05) is 0 Å². The smallest absolute Gasteiger partial charge is 0.407 e. The number of nitro benzene ring substituents is 1. The van der Waals surface area contributed by atoms with Crippen molar-refractivity contribution >= 4 is 23.7 Å². The Balaban J connectivity index is 2.09. The molecule has 0 fully saturated rings. The van der Waals surface area contributed by atoms with Crippen molar-refractivity contribution < 1.29 is 38.3 Å². The van der Waals surface area contributed by atoms with Crippen LogP contribution in [-0.4, -0.2) is 76.8 Å². The lowest BCUT2D eigenvalue weighted by Gasteiger charge is -2.25. The highest BCUT2D eigenvalue weighted by molar-refractivity contribution is 5.82. The fraction of sp³-hybridized carbons (Fsp3) is 0.480. The summed E-state index contributed by atoms with van der Waals surface area (Å²) in [6.45, 7) is 4.61. The van der Waals surface area contributed by atoms with Gasteiger partial charge in [-0.1, -0.05) is 0 Å². The molecule has 0 aliphatic carbocycles. The van der Waals surface area contributed by atoms with Crippen LogP contribution in [0, 0.1) is 17.0 Å². The number of aromatic amines is 1. The Bertz CT molecular complexity index is 1410. The topological polar surface area (TPSA) is 201 Å². The van der Waals surface area contributed by atoms with Gasteiger partial charge in [0.15, 0.2) is 11.5 Å². The number of carbonyl (C=O) groups is 3. The molecule has 1 aromatic heterocycles. The van der Waals surface area contributed by atoms with E-state index in [0.29, 0.717) is 0 Å². The standard InChI is InChI=1S/C25H33N5O11/c1-15-11-29(23(34)27-22(15)33)12-20(31)28(13-21(32)41-25(2,3)4)8-7-26-24(35)40-14-16-9-18(38-5)19(39-6)10-17(16)30(36)37/h9-11H,7-8,12-14H2,1-6H3,(H,26,35)(H,27,33,34). The third kappa shape index (κ3) is 9.66. The predicted octanol–water partition coefficient (Wildman–Crippen LogP) is 0.867. The molecule has 0 saturated heterocycles. The maximum absolute atomic E-state index is 13.0. The molecule has 0 spiro atoms. The molecule has 2 amide bonds. The number of hydrogen-bond acceptors (Lipinski definition) is 11. The number of benzene rings is 1. The van der Waals surface area contributed by atoms with Crippen LogP contribution < -0.4 is 26.0 Å². The van der Waals surface area contributed by atoms with E-state index in [2.05, 4.69) is 10.3 Å². The van der Waals surface area contributed by atoms with Gasteiger partial charge in [0.25, 0.3) is 11.2 Å². The van der Waals surface area contributed by atoms with Crippen molar-refractivity contribution in [2.45, 2.75) is 46.4 Å². The second kappa shape index (κ2) is 14.0. The summed E-state index contributed by atoms with van der Waals surface area (Å²) in [4.78, 5) is 75.4. The maximum atomic E-state index is 13.0. The van der Waals surface area contributed by atoms with Gasteiger partial charge in [0.05, 0.1) is 30.8 Å². The van der Waals surface area contributed by atoms with Gasteiger partial charge in [0.2, 0.25) is 5.91 Å². The Kier molecular flexibility index (Phi) is 11.0. The van der Waals surface area contributed by atoms with Crippen LogP contribution in [0.5, 0.6) is 11.5 Å². The largest absolute Gasteiger partial charge is 0.493 e. The number of alkyl carbamates (subject to hydrolysis) is 1. The molecule has 2 aromatic rings. The number of methoxy groups -OCH3 is 2. The van der Waals surface area contributed by atoms with E-state index in [-0.39, 0.29) is 41.4 Å².